The largest absolute Gasteiger partial charge is 0.490 e. The number of nitrogens with one attached hydrogen (secondary N) is 1. The van der Waals surface area contributed by atoms with E-state index >= 15 is 0 Å². The number of allylic oxidation sites excluding steroid dienone is 1. The van der Waals surface area contributed by atoms with Crippen molar-refractivity contribution in [3.63, 3.8) is 0 Å². The molecule has 8 rings (SSSR count). The molecule has 0 radical (unpaired) electrons. The van der Waals surface area contributed by atoms with Gasteiger partial charge in [-0.2, -0.15) is 0 Å². The van der Waals surface area contributed by atoms with Crippen LogP contribution in [-0.4, -0.2) is 65.4 Å². The number of rotatable bonds is 3. The van der Waals surface area contributed by atoms with Gasteiger partial charge in [0.1, 0.15) is 15.7 Å². The third-order valence-corrected chi connectivity index (χ3v) is 15.1. The lowest BCUT2D eigenvalue weighted by molar-refractivity contribution is 0.0131. The molecule has 10 nitrogen and oxygen atoms in total. The Balaban J connectivity index is 1.20. The monoisotopic (exact) mass is 740 g/mol. The van der Waals surface area contributed by atoms with Crippen molar-refractivity contribution in [3.8, 4) is 5.75 Å². The molecule has 2 aromatic carbocycles. The predicted octanol–water partition coefficient (Wildman–Crippen LogP) is 6.78. The first-order chi connectivity index (χ1) is 25.6. The van der Waals surface area contributed by atoms with Crippen LogP contribution < -0.4 is 14.4 Å². The molecule has 4 heterocycles. The van der Waals surface area contributed by atoms with Gasteiger partial charge >= 0.3 is 0 Å². The third kappa shape index (κ3) is 6.85. The number of fused-ring (bicyclic) bond motifs is 5. The number of carbonyl (C=O) groups excluding carboxylic acids is 2. The van der Waals surface area contributed by atoms with Crippen molar-refractivity contribution >= 4 is 27.4 Å². The highest BCUT2D eigenvalue weighted by Crippen LogP contribution is 2.47. The Morgan fingerprint density at radius 2 is 2.00 bits per heavy atom. The second-order valence-corrected chi connectivity index (χ2v) is 18.3. The predicted molar refractivity (Wildman–Crippen MR) is 206 cm³/mol. The Bertz CT molecular complexity index is 2040. The zero-order valence-electron chi connectivity index (χ0n) is 31.3. The second-order valence-electron chi connectivity index (χ2n) is 16.1. The van der Waals surface area contributed by atoms with Crippen molar-refractivity contribution in [2.75, 3.05) is 38.3 Å². The molecule has 7 atom stereocenters. The van der Waals surface area contributed by atoms with Crippen LogP contribution in [0.4, 0.5) is 5.69 Å². The standard InChI is InChI=1S/C42H52N4O6S/c1-27-10-14-36-30(19-27)8-6-16-42(36)25-46-22-32-11-13-35(32)38(50-4)9-5-7-28(2)29(3)53(49,43-40(47)31-12-15-39(52-26-42)37(46)21-31)44-41(48)33-20-34-24-51-18-17-45(34)23-33/h5,9-10,12,14-15,19-21,23,28-29,32,35,38H,6-8,11,13,16-18,22,24-26H2,1-4H3,(H,43,44,47,48,49)/b9-5+/t28-,29+,32-,35+,38-,42-,53?/m0/s1. The van der Waals surface area contributed by atoms with E-state index in [1.165, 1.54) is 16.7 Å². The van der Waals surface area contributed by atoms with E-state index < -0.39 is 27.0 Å². The Kier molecular flexibility index (Phi) is 9.78. The van der Waals surface area contributed by atoms with Gasteiger partial charge in [-0.1, -0.05) is 42.8 Å². The summed E-state index contributed by atoms with van der Waals surface area (Å²) in [6.07, 6.45) is 11.9. The number of ether oxygens (including phenoxy) is 3. The van der Waals surface area contributed by atoms with E-state index in [9.17, 15) is 13.8 Å². The lowest BCUT2D eigenvalue weighted by Gasteiger charge is -2.46. The summed E-state index contributed by atoms with van der Waals surface area (Å²) in [7, 11) is -1.81. The molecule has 1 unspecified atom stereocenters. The van der Waals surface area contributed by atoms with Crippen LogP contribution in [0.15, 0.2) is 65.2 Å². The lowest BCUT2D eigenvalue weighted by Crippen LogP contribution is -2.49. The van der Waals surface area contributed by atoms with Crippen LogP contribution in [0.5, 0.6) is 5.75 Å². The number of benzene rings is 2. The molecule has 1 N–H and O–H groups in total. The third-order valence-electron chi connectivity index (χ3n) is 12.7. The number of anilines is 1. The Morgan fingerprint density at radius 3 is 2.79 bits per heavy atom. The molecular formula is C42H52N4O6S. The van der Waals surface area contributed by atoms with Gasteiger partial charge in [-0.15, -0.1) is 4.36 Å². The van der Waals surface area contributed by atoms with Gasteiger partial charge in [-0.3, -0.25) is 14.3 Å². The number of carbonyl (C=O) groups is 2. The fraction of sp³-hybridized carbons (Fsp3) is 0.524. The zero-order chi connectivity index (χ0) is 36.9. The van der Waals surface area contributed by atoms with Gasteiger partial charge < -0.3 is 23.7 Å². The summed E-state index contributed by atoms with van der Waals surface area (Å²) >= 11 is 0. The number of hydrogen-bond donors (Lipinski definition) is 1. The van der Waals surface area contributed by atoms with Gasteiger partial charge in [0.15, 0.2) is 0 Å². The van der Waals surface area contributed by atoms with Crippen molar-refractivity contribution in [1.29, 1.82) is 0 Å². The first kappa shape index (κ1) is 36.1. The normalized spacial score (nSPS) is 31.8. The first-order valence-electron chi connectivity index (χ1n) is 19.3. The Hall–Kier alpha value is -3.93. The molecule has 3 aromatic rings. The summed E-state index contributed by atoms with van der Waals surface area (Å²) in [4.78, 5) is 30.4. The summed E-state index contributed by atoms with van der Waals surface area (Å²) < 4.78 is 42.5. The van der Waals surface area contributed by atoms with E-state index in [0.29, 0.717) is 55.7 Å². The number of aromatic nitrogens is 1. The molecule has 1 saturated carbocycles. The average Bonchev–Trinajstić information content (AvgIpc) is 3.52. The number of aryl methyl sites for hydroxylation is 2. The van der Waals surface area contributed by atoms with Gasteiger partial charge in [-0.05, 0) is 106 Å². The highest BCUT2D eigenvalue weighted by Gasteiger charge is 2.44. The molecule has 11 heteroatoms. The molecule has 1 fully saturated rings. The molecule has 2 amide bonds. The van der Waals surface area contributed by atoms with Crippen molar-refractivity contribution < 1.29 is 28.0 Å². The maximum atomic E-state index is 15.0. The zero-order valence-corrected chi connectivity index (χ0v) is 32.2. The summed E-state index contributed by atoms with van der Waals surface area (Å²) in [6, 6.07) is 14.0. The highest BCUT2D eigenvalue weighted by atomic mass is 32.2. The molecule has 2 aliphatic carbocycles. The first-order valence-corrected chi connectivity index (χ1v) is 20.8. The lowest BCUT2D eigenvalue weighted by atomic mass is 9.68. The Morgan fingerprint density at radius 1 is 1.13 bits per heavy atom. The van der Waals surface area contributed by atoms with E-state index in [1.54, 1.807) is 25.4 Å². The molecule has 1 aromatic heterocycles. The molecule has 3 aliphatic heterocycles. The minimum absolute atomic E-state index is 0.0503. The molecule has 5 aliphatic rings. The summed E-state index contributed by atoms with van der Waals surface area (Å²) in [5, 5.41) is -0.638. The quantitative estimate of drug-likeness (QED) is 0.295. The van der Waals surface area contributed by atoms with Crippen LogP contribution >= 0.6 is 0 Å². The van der Waals surface area contributed by atoms with E-state index in [1.807, 2.05) is 30.5 Å². The van der Waals surface area contributed by atoms with Gasteiger partial charge in [0.05, 0.1) is 42.4 Å². The summed E-state index contributed by atoms with van der Waals surface area (Å²) in [6.45, 7) is 9.67. The molecule has 2 bridgehead atoms. The molecule has 53 heavy (non-hydrogen) atoms. The number of amides is 2. The van der Waals surface area contributed by atoms with Crippen molar-refractivity contribution in [3.05, 3.63) is 94.3 Å². The smallest absolute Gasteiger partial charge is 0.286 e. The fourth-order valence-electron chi connectivity index (χ4n) is 9.19. The fourth-order valence-corrected chi connectivity index (χ4v) is 11.1. The van der Waals surface area contributed by atoms with Gasteiger partial charge in [0.25, 0.3) is 11.8 Å². The van der Waals surface area contributed by atoms with Crippen LogP contribution in [0, 0.1) is 24.7 Å². The van der Waals surface area contributed by atoms with Gasteiger partial charge in [0, 0.05) is 49.6 Å². The van der Waals surface area contributed by atoms with E-state index in [4.69, 9.17) is 14.2 Å². The summed E-state index contributed by atoms with van der Waals surface area (Å²) in [5.74, 6) is 0.176. The summed E-state index contributed by atoms with van der Waals surface area (Å²) in [5.41, 5.74) is 6.23. The number of methoxy groups -OCH3 is 1. The molecule has 0 saturated heterocycles. The molecule has 282 valence electrons. The molecule has 1 spiro atoms. The van der Waals surface area contributed by atoms with Crippen LogP contribution in [0.25, 0.3) is 0 Å². The second kappa shape index (κ2) is 14.4. The highest BCUT2D eigenvalue weighted by molar-refractivity contribution is 7.93. The van der Waals surface area contributed by atoms with Crippen LogP contribution in [0.2, 0.25) is 0 Å². The minimum Gasteiger partial charge on any atom is -0.490 e. The van der Waals surface area contributed by atoms with Gasteiger partial charge in [0.2, 0.25) is 0 Å². The topological polar surface area (TPSA) is 111 Å². The number of nitrogens with zero attached hydrogens (tertiary/aromatic N) is 3. The van der Waals surface area contributed by atoms with Crippen molar-refractivity contribution in [2.24, 2.45) is 22.1 Å². The number of hydrogen-bond acceptors (Lipinski definition) is 7. The van der Waals surface area contributed by atoms with E-state index in [0.717, 1.165) is 62.3 Å². The average molecular weight is 741 g/mol. The Labute approximate surface area is 313 Å². The van der Waals surface area contributed by atoms with E-state index in [-0.39, 0.29) is 17.4 Å². The van der Waals surface area contributed by atoms with Crippen LogP contribution in [0.1, 0.15) is 89.1 Å². The maximum Gasteiger partial charge on any atom is 0.286 e. The van der Waals surface area contributed by atoms with Crippen molar-refractivity contribution in [2.45, 2.75) is 89.2 Å². The minimum atomic E-state index is -3.60. The molecular weight excluding hydrogens is 689 g/mol. The maximum absolute atomic E-state index is 15.0. The van der Waals surface area contributed by atoms with Gasteiger partial charge in [-0.25, -0.2) is 4.21 Å². The SMILES string of the molecule is CO[C@H]1/C=C/C[C@H](C)[C@@H](C)S(=O)(NC(=O)c2cc3n(c2)CCOC3)=NC(=O)c2ccc3c(c2)N(C[C@@H]2CC[C@H]21)C[C@@]1(CCCc2cc(C)ccc21)CO3. The van der Waals surface area contributed by atoms with Crippen molar-refractivity contribution in [1.82, 2.24) is 9.29 Å². The van der Waals surface area contributed by atoms with E-state index in [2.05, 4.69) is 51.3 Å². The van der Waals surface area contributed by atoms with Crippen LogP contribution in [0.3, 0.4) is 0 Å². The van der Waals surface area contributed by atoms with Crippen LogP contribution in [-0.2, 0) is 44.4 Å².